The average molecular weight is 383 g/mol. The maximum Gasteiger partial charge on any atom is 0.243 e. The average Bonchev–Trinajstić information content (AvgIpc) is 2.64. The molecule has 0 aliphatic carbocycles. The Bertz CT molecular complexity index is 665. The molecule has 1 aromatic rings. The van der Waals surface area contributed by atoms with Crippen molar-refractivity contribution in [1.29, 1.82) is 0 Å². The van der Waals surface area contributed by atoms with Gasteiger partial charge in [0.05, 0.1) is 4.90 Å². The van der Waals surface area contributed by atoms with Gasteiger partial charge in [0.2, 0.25) is 10.0 Å². The Morgan fingerprint density at radius 1 is 1.12 bits per heavy atom. The van der Waals surface area contributed by atoms with Crippen LogP contribution >= 0.6 is 0 Å². The highest BCUT2D eigenvalue weighted by molar-refractivity contribution is 7.89. The van der Waals surface area contributed by atoms with Gasteiger partial charge < -0.3 is 10.6 Å². The van der Waals surface area contributed by atoms with Crippen LogP contribution in [0.5, 0.6) is 0 Å². The Kier molecular flexibility index (Phi) is 9.08. The highest BCUT2D eigenvalue weighted by atomic mass is 32.2. The lowest BCUT2D eigenvalue weighted by molar-refractivity contribution is 0.410. The van der Waals surface area contributed by atoms with Crippen molar-refractivity contribution in [3.63, 3.8) is 0 Å². The number of rotatable bonds is 9. The molecule has 0 unspecified atom stereocenters. The second kappa shape index (κ2) is 10.5. The topological polar surface area (TPSA) is 73.8 Å². The van der Waals surface area contributed by atoms with E-state index in [0.29, 0.717) is 17.4 Å². The Morgan fingerprint density at radius 2 is 1.69 bits per heavy atom. The number of aliphatic imine (C=N–C) groups is 1. The number of nitrogens with zero attached hydrogens (tertiary/aromatic N) is 2. The SMILES string of the molecule is CCC(CC)CNC(=NC)NCc1ccc(S(=O)(=O)N(C)C(C)C)cc1. The molecule has 0 aromatic heterocycles. The fourth-order valence-corrected chi connectivity index (χ4v) is 3.82. The van der Waals surface area contributed by atoms with Crippen LogP contribution < -0.4 is 10.6 Å². The molecule has 26 heavy (non-hydrogen) atoms. The van der Waals surface area contributed by atoms with Gasteiger partial charge >= 0.3 is 0 Å². The predicted molar refractivity (Wildman–Crippen MR) is 109 cm³/mol. The van der Waals surface area contributed by atoms with Crippen LogP contribution in [0.25, 0.3) is 0 Å². The normalized spacial score (nSPS) is 12.9. The fourth-order valence-electron chi connectivity index (χ4n) is 2.45. The van der Waals surface area contributed by atoms with E-state index in [1.807, 2.05) is 26.0 Å². The number of hydrogen-bond acceptors (Lipinski definition) is 3. The third kappa shape index (κ3) is 6.29. The molecule has 0 saturated carbocycles. The molecule has 6 nitrogen and oxygen atoms in total. The molecule has 2 N–H and O–H groups in total. The minimum absolute atomic E-state index is 0.0780. The number of hydrogen-bond donors (Lipinski definition) is 2. The quantitative estimate of drug-likeness (QED) is 0.509. The van der Waals surface area contributed by atoms with Gasteiger partial charge in [-0.05, 0) is 37.5 Å². The summed E-state index contributed by atoms with van der Waals surface area (Å²) < 4.78 is 26.3. The minimum atomic E-state index is -3.44. The second-order valence-electron chi connectivity index (χ2n) is 6.75. The molecule has 0 bridgehead atoms. The van der Waals surface area contributed by atoms with Crippen molar-refractivity contribution in [1.82, 2.24) is 14.9 Å². The first-order valence-electron chi connectivity index (χ1n) is 9.27. The standard InChI is InChI=1S/C19H34N4O2S/c1-7-16(8-2)13-21-19(20-5)22-14-17-9-11-18(12-10-17)26(24,25)23(6)15(3)4/h9-12,15-16H,7-8,13-14H2,1-6H3,(H2,20,21,22). The van der Waals surface area contributed by atoms with E-state index in [9.17, 15) is 8.42 Å². The molecule has 148 valence electrons. The Morgan fingerprint density at radius 3 is 2.15 bits per heavy atom. The zero-order valence-corrected chi connectivity index (χ0v) is 17.7. The molecule has 0 aliphatic heterocycles. The van der Waals surface area contributed by atoms with E-state index in [4.69, 9.17) is 0 Å². The molecule has 0 atom stereocenters. The molecule has 0 amide bonds. The van der Waals surface area contributed by atoms with E-state index in [-0.39, 0.29) is 6.04 Å². The number of sulfonamides is 1. The van der Waals surface area contributed by atoms with Gasteiger partial charge in [0, 0.05) is 33.2 Å². The monoisotopic (exact) mass is 382 g/mol. The molecule has 0 aliphatic rings. The van der Waals surface area contributed by atoms with E-state index in [2.05, 4.69) is 29.5 Å². The van der Waals surface area contributed by atoms with Gasteiger partial charge in [-0.2, -0.15) is 4.31 Å². The predicted octanol–water partition coefficient (Wildman–Crippen LogP) is 2.82. The maximum atomic E-state index is 12.5. The van der Waals surface area contributed by atoms with Crippen LogP contribution in [-0.4, -0.2) is 45.4 Å². The zero-order valence-electron chi connectivity index (χ0n) is 16.9. The molecule has 0 saturated heterocycles. The van der Waals surface area contributed by atoms with Crippen LogP contribution in [0.15, 0.2) is 34.2 Å². The summed E-state index contributed by atoms with van der Waals surface area (Å²) in [6.45, 7) is 9.58. The van der Waals surface area contributed by atoms with Gasteiger partial charge in [-0.1, -0.05) is 38.8 Å². The first-order chi connectivity index (χ1) is 12.3. The molecule has 7 heteroatoms. The summed E-state index contributed by atoms with van der Waals surface area (Å²) in [6.07, 6.45) is 2.28. The highest BCUT2D eigenvalue weighted by Gasteiger charge is 2.22. The summed E-state index contributed by atoms with van der Waals surface area (Å²) in [6, 6.07) is 6.91. The van der Waals surface area contributed by atoms with Crippen molar-refractivity contribution in [3.05, 3.63) is 29.8 Å². The lowest BCUT2D eigenvalue weighted by Crippen LogP contribution is -2.39. The molecular formula is C19H34N4O2S. The first kappa shape index (κ1) is 22.4. The van der Waals surface area contributed by atoms with Gasteiger partial charge in [-0.3, -0.25) is 4.99 Å². The summed E-state index contributed by atoms with van der Waals surface area (Å²) in [5, 5.41) is 6.61. The third-order valence-corrected chi connectivity index (χ3v) is 6.77. The van der Waals surface area contributed by atoms with Crippen LogP contribution in [0, 0.1) is 5.92 Å². The van der Waals surface area contributed by atoms with Crippen LogP contribution in [0.1, 0.15) is 46.1 Å². The Labute approximate surface area is 159 Å². The second-order valence-corrected chi connectivity index (χ2v) is 8.75. The molecule has 0 radical (unpaired) electrons. The van der Waals surface area contributed by atoms with Crippen molar-refractivity contribution in [3.8, 4) is 0 Å². The smallest absolute Gasteiger partial charge is 0.243 e. The zero-order chi connectivity index (χ0) is 19.7. The minimum Gasteiger partial charge on any atom is -0.356 e. The van der Waals surface area contributed by atoms with E-state index in [1.54, 1.807) is 26.2 Å². The lowest BCUT2D eigenvalue weighted by Gasteiger charge is -2.21. The van der Waals surface area contributed by atoms with Crippen molar-refractivity contribution < 1.29 is 8.42 Å². The van der Waals surface area contributed by atoms with Crippen LogP contribution in [-0.2, 0) is 16.6 Å². The number of benzene rings is 1. The third-order valence-electron chi connectivity index (χ3n) is 4.72. The first-order valence-corrected chi connectivity index (χ1v) is 10.7. The molecule has 0 heterocycles. The van der Waals surface area contributed by atoms with Gasteiger partial charge in [0.1, 0.15) is 0 Å². The Hall–Kier alpha value is -1.60. The number of nitrogens with one attached hydrogen (secondary N) is 2. The molecular weight excluding hydrogens is 348 g/mol. The summed E-state index contributed by atoms with van der Waals surface area (Å²) in [4.78, 5) is 4.55. The fraction of sp³-hybridized carbons (Fsp3) is 0.632. The van der Waals surface area contributed by atoms with E-state index in [1.165, 1.54) is 4.31 Å². The van der Waals surface area contributed by atoms with E-state index in [0.717, 1.165) is 30.9 Å². The van der Waals surface area contributed by atoms with Gasteiger partial charge in [-0.15, -0.1) is 0 Å². The Balaban J connectivity index is 2.67. The van der Waals surface area contributed by atoms with E-state index >= 15 is 0 Å². The summed E-state index contributed by atoms with van der Waals surface area (Å²) >= 11 is 0. The van der Waals surface area contributed by atoms with Crippen LogP contribution in [0.4, 0.5) is 0 Å². The van der Waals surface area contributed by atoms with Crippen LogP contribution in [0.2, 0.25) is 0 Å². The van der Waals surface area contributed by atoms with Gasteiger partial charge in [-0.25, -0.2) is 8.42 Å². The lowest BCUT2D eigenvalue weighted by atomic mass is 10.0. The largest absolute Gasteiger partial charge is 0.356 e. The van der Waals surface area contributed by atoms with E-state index < -0.39 is 10.0 Å². The van der Waals surface area contributed by atoms with Crippen molar-refractivity contribution in [2.75, 3.05) is 20.6 Å². The van der Waals surface area contributed by atoms with Gasteiger partial charge in [0.25, 0.3) is 0 Å². The molecule has 0 spiro atoms. The molecule has 0 fully saturated rings. The molecule has 1 aromatic carbocycles. The van der Waals surface area contributed by atoms with Crippen molar-refractivity contribution in [2.24, 2.45) is 10.9 Å². The summed E-state index contributed by atoms with van der Waals surface area (Å²) in [5.74, 6) is 1.39. The van der Waals surface area contributed by atoms with Crippen molar-refractivity contribution in [2.45, 2.75) is 58.0 Å². The summed E-state index contributed by atoms with van der Waals surface area (Å²) in [5.41, 5.74) is 1.00. The van der Waals surface area contributed by atoms with Crippen LogP contribution in [0.3, 0.4) is 0 Å². The highest BCUT2D eigenvalue weighted by Crippen LogP contribution is 2.17. The summed E-state index contributed by atoms with van der Waals surface area (Å²) in [7, 11) is -0.0863. The maximum absolute atomic E-state index is 12.5. The molecule has 1 rings (SSSR count). The van der Waals surface area contributed by atoms with Gasteiger partial charge in [0.15, 0.2) is 5.96 Å². The van der Waals surface area contributed by atoms with Crippen molar-refractivity contribution >= 4 is 16.0 Å². The number of guanidine groups is 1.